The molecule has 1 aromatic carbocycles. The molecule has 0 heterocycles. The van der Waals surface area contributed by atoms with E-state index in [1.807, 2.05) is 0 Å². The van der Waals surface area contributed by atoms with Crippen molar-refractivity contribution in [1.29, 1.82) is 0 Å². The molecule has 0 amide bonds. The van der Waals surface area contributed by atoms with Gasteiger partial charge in [-0.15, -0.1) is 0 Å². The summed E-state index contributed by atoms with van der Waals surface area (Å²) < 4.78 is 12.2. The van der Waals surface area contributed by atoms with Gasteiger partial charge >= 0.3 is 0 Å². The second-order valence-electron chi connectivity index (χ2n) is 11.5. The lowest BCUT2D eigenvalue weighted by molar-refractivity contribution is 0.177. The predicted molar refractivity (Wildman–Crippen MR) is 146 cm³/mol. The van der Waals surface area contributed by atoms with Crippen molar-refractivity contribution < 1.29 is 9.47 Å². The Bertz CT molecular complexity index is 608. The molecular weight excluding hydrogens is 416 g/mol. The van der Waals surface area contributed by atoms with Crippen molar-refractivity contribution in [1.82, 2.24) is 0 Å². The monoisotopic (exact) mass is 470 g/mol. The van der Waals surface area contributed by atoms with E-state index in [0.29, 0.717) is 0 Å². The van der Waals surface area contributed by atoms with Gasteiger partial charge in [0.2, 0.25) is 0 Å². The van der Waals surface area contributed by atoms with Crippen LogP contribution in [0.15, 0.2) is 24.3 Å². The van der Waals surface area contributed by atoms with Gasteiger partial charge in [-0.3, -0.25) is 0 Å². The third kappa shape index (κ3) is 10.6. The minimum Gasteiger partial charge on any atom is -0.494 e. The summed E-state index contributed by atoms with van der Waals surface area (Å²) in [5.74, 6) is 5.65. The van der Waals surface area contributed by atoms with Gasteiger partial charge in [-0.05, 0) is 73.6 Å². The molecule has 0 aliphatic heterocycles. The maximum Gasteiger partial charge on any atom is 0.119 e. The van der Waals surface area contributed by atoms with Gasteiger partial charge in [0.15, 0.2) is 0 Å². The van der Waals surface area contributed by atoms with Crippen LogP contribution in [0.25, 0.3) is 0 Å². The highest BCUT2D eigenvalue weighted by molar-refractivity contribution is 5.31. The molecule has 34 heavy (non-hydrogen) atoms. The molecule has 2 aliphatic carbocycles. The van der Waals surface area contributed by atoms with Crippen molar-refractivity contribution in [2.45, 2.75) is 129 Å². The first-order valence-electron chi connectivity index (χ1n) is 15.1. The first kappa shape index (κ1) is 27.4. The van der Waals surface area contributed by atoms with Crippen LogP contribution < -0.4 is 9.47 Å². The quantitative estimate of drug-likeness (QED) is 0.224. The molecule has 2 saturated carbocycles. The number of unbranched alkanes of at least 4 members (excludes halogenated alkanes) is 4. The van der Waals surface area contributed by atoms with E-state index in [0.717, 1.165) is 48.4 Å². The standard InChI is InChI=1S/C32H54O2/c1-3-5-7-8-11-28-17-19-30(20-18-28)26-34-32-23-21-31(22-24-32)33-25-9-12-29-15-13-27(14-16-29)10-6-4-2/h21-24,27-30H,3-20,25-26H2,1-2H3/t27-,28-,29-,30-. The topological polar surface area (TPSA) is 18.5 Å². The molecule has 0 atom stereocenters. The van der Waals surface area contributed by atoms with Crippen molar-refractivity contribution >= 4 is 0 Å². The highest BCUT2D eigenvalue weighted by Crippen LogP contribution is 2.34. The smallest absolute Gasteiger partial charge is 0.119 e. The fourth-order valence-electron chi connectivity index (χ4n) is 6.26. The Balaban J connectivity index is 1.21. The SMILES string of the molecule is CCCCCC[C@H]1CC[C@H](COc2ccc(OCCC[C@H]3CC[C@H](CCCC)CC3)cc2)CC1. The molecule has 194 valence electrons. The molecule has 2 heteroatoms. The lowest BCUT2D eigenvalue weighted by Gasteiger charge is -2.28. The molecule has 0 unspecified atom stereocenters. The van der Waals surface area contributed by atoms with E-state index in [9.17, 15) is 0 Å². The fourth-order valence-corrected chi connectivity index (χ4v) is 6.26. The zero-order valence-electron chi connectivity index (χ0n) is 22.6. The van der Waals surface area contributed by atoms with Gasteiger partial charge in [-0.25, -0.2) is 0 Å². The molecule has 0 spiro atoms. The normalized spacial score (nSPS) is 25.2. The number of benzene rings is 1. The Morgan fingerprint density at radius 3 is 1.56 bits per heavy atom. The lowest BCUT2D eigenvalue weighted by atomic mass is 9.78. The maximum atomic E-state index is 6.13. The lowest BCUT2D eigenvalue weighted by Crippen LogP contribution is -2.20. The third-order valence-electron chi connectivity index (χ3n) is 8.70. The minimum absolute atomic E-state index is 0.740. The van der Waals surface area contributed by atoms with Crippen molar-refractivity contribution in [3.05, 3.63) is 24.3 Å². The van der Waals surface area contributed by atoms with Crippen LogP contribution in [0.2, 0.25) is 0 Å². The maximum absolute atomic E-state index is 6.13. The number of hydrogen-bond donors (Lipinski definition) is 0. The van der Waals surface area contributed by atoms with Crippen LogP contribution in [0.4, 0.5) is 0 Å². The first-order chi connectivity index (χ1) is 16.8. The molecule has 2 fully saturated rings. The van der Waals surface area contributed by atoms with Crippen molar-refractivity contribution in [3.63, 3.8) is 0 Å². The van der Waals surface area contributed by atoms with E-state index in [2.05, 4.69) is 38.1 Å². The third-order valence-corrected chi connectivity index (χ3v) is 8.70. The van der Waals surface area contributed by atoms with E-state index in [1.165, 1.54) is 116 Å². The van der Waals surface area contributed by atoms with E-state index in [1.54, 1.807) is 0 Å². The molecule has 2 aliphatic rings. The summed E-state index contributed by atoms with van der Waals surface area (Å²) in [6.07, 6.45) is 25.2. The molecule has 1 aromatic rings. The molecule has 2 nitrogen and oxygen atoms in total. The molecular formula is C32H54O2. The Morgan fingerprint density at radius 2 is 1.00 bits per heavy atom. The zero-order chi connectivity index (χ0) is 23.8. The second-order valence-corrected chi connectivity index (χ2v) is 11.5. The van der Waals surface area contributed by atoms with Crippen LogP contribution in [-0.2, 0) is 0 Å². The fraction of sp³-hybridized carbons (Fsp3) is 0.812. The molecule has 0 bridgehead atoms. The van der Waals surface area contributed by atoms with Gasteiger partial charge in [0.1, 0.15) is 11.5 Å². The van der Waals surface area contributed by atoms with Crippen molar-refractivity contribution in [3.8, 4) is 11.5 Å². The van der Waals surface area contributed by atoms with Gasteiger partial charge in [-0.1, -0.05) is 104 Å². The average molecular weight is 471 g/mol. The average Bonchev–Trinajstić information content (AvgIpc) is 2.89. The van der Waals surface area contributed by atoms with Crippen molar-refractivity contribution in [2.24, 2.45) is 23.7 Å². The summed E-state index contributed by atoms with van der Waals surface area (Å²) in [6, 6.07) is 8.35. The van der Waals surface area contributed by atoms with E-state index >= 15 is 0 Å². The number of rotatable bonds is 16. The number of ether oxygens (including phenoxy) is 2. The van der Waals surface area contributed by atoms with Crippen LogP contribution in [0.5, 0.6) is 11.5 Å². The zero-order valence-corrected chi connectivity index (χ0v) is 22.6. The largest absolute Gasteiger partial charge is 0.494 e. The second kappa shape index (κ2) is 16.5. The Kier molecular flexibility index (Phi) is 13.3. The van der Waals surface area contributed by atoms with E-state index in [-0.39, 0.29) is 0 Å². The van der Waals surface area contributed by atoms with Crippen LogP contribution >= 0.6 is 0 Å². The van der Waals surface area contributed by atoms with Gasteiger partial charge in [0.25, 0.3) is 0 Å². The minimum atomic E-state index is 0.740. The summed E-state index contributed by atoms with van der Waals surface area (Å²) in [5.41, 5.74) is 0. The summed E-state index contributed by atoms with van der Waals surface area (Å²) in [4.78, 5) is 0. The summed E-state index contributed by atoms with van der Waals surface area (Å²) in [7, 11) is 0. The van der Waals surface area contributed by atoms with Gasteiger partial charge < -0.3 is 9.47 Å². The van der Waals surface area contributed by atoms with E-state index < -0.39 is 0 Å². The van der Waals surface area contributed by atoms with Crippen LogP contribution in [0, 0.1) is 23.7 Å². The first-order valence-corrected chi connectivity index (χ1v) is 15.1. The number of hydrogen-bond acceptors (Lipinski definition) is 2. The molecule has 0 aromatic heterocycles. The van der Waals surface area contributed by atoms with Gasteiger partial charge in [-0.2, -0.15) is 0 Å². The molecule has 0 N–H and O–H groups in total. The molecule has 0 saturated heterocycles. The van der Waals surface area contributed by atoms with Crippen LogP contribution in [0.1, 0.15) is 129 Å². The Labute approximate surface area is 211 Å². The van der Waals surface area contributed by atoms with Crippen molar-refractivity contribution in [2.75, 3.05) is 13.2 Å². The molecule has 0 radical (unpaired) electrons. The highest BCUT2D eigenvalue weighted by Gasteiger charge is 2.22. The van der Waals surface area contributed by atoms with Crippen LogP contribution in [-0.4, -0.2) is 13.2 Å². The Hall–Kier alpha value is -1.18. The highest BCUT2D eigenvalue weighted by atomic mass is 16.5. The summed E-state index contributed by atoms with van der Waals surface area (Å²) >= 11 is 0. The predicted octanol–water partition coefficient (Wildman–Crippen LogP) is 10.00. The van der Waals surface area contributed by atoms with E-state index in [4.69, 9.17) is 9.47 Å². The van der Waals surface area contributed by atoms with Crippen LogP contribution in [0.3, 0.4) is 0 Å². The Morgan fingerprint density at radius 1 is 0.529 bits per heavy atom. The van der Waals surface area contributed by atoms with Gasteiger partial charge in [0.05, 0.1) is 13.2 Å². The summed E-state index contributed by atoms with van der Waals surface area (Å²) in [5, 5.41) is 0. The summed E-state index contributed by atoms with van der Waals surface area (Å²) in [6.45, 7) is 6.34. The van der Waals surface area contributed by atoms with Gasteiger partial charge in [0, 0.05) is 0 Å². The molecule has 3 rings (SSSR count).